The smallest absolute Gasteiger partial charge is 0.319 e. The van der Waals surface area contributed by atoms with Gasteiger partial charge < -0.3 is 15.4 Å². The molecule has 0 unspecified atom stereocenters. The van der Waals surface area contributed by atoms with Crippen LogP contribution < -0.4 is 10.6 Å². The van der Waals surface area contributed by atoms with Crippen molar-refractivity contribution < 1.29 is 9.53 Å². The van der Waals surface area contributed by atoms with Crippen molar-refractivity contribution >= 4 is 22.6 Å². The molecule has 1 aromatic carbocycles. The maximum atomic E-state index is 11.9. The molecular formula is C15H21N5O2. The minimum absolute atomic E-state index is 0.176. The fourth-order valence-electron chi connectivity index (χ4n) is 2.53. The van der Waals surface area contributed by atoms with Crippen LogP contribution in [0.3, 0.4) is 0 Å². The van der Waals surface area contributed by atoms with Gasteiger partial charge in [-0.25, -0.2) is 4.79 Å². The van der Waals surface area contributed by atoms with Crippen molar-refractivity contribution in [2.75, 3.05) is 44.7 Å². The summed E-state index contributed by atoms with van der Waals surface area (Å²) in [5.74, 6) is 0. The van der Waals surface area contributed by atoms with Crippen molar-refractivity contribution in [3.05, 3.63) is 24.4 Å². The minimum atomic E-state index is -0.176. The molecule has 1 saturated heterocycles. The number of rotatable bonds is 5. The van der Waals surface area contributed by atoms with Gasteiger partial charge in [-0.1, -0.05) is 0 Å². The minimum Gasteiger partial charge on any atom is -0.379 e. The molecule has 1 aromatic heterocycles. The van der Waals surface area contributed by atoms with Crippen LogP contribution in [-0.2, 0) is 4.74 Å². The number of H-pyrrole nitrogens is 1. The molecule has 3 N–H and O–H groups in total. The van der Waals surface area contributed by atoms with Gasteiger partial charge in [0.05, 0.1) is 24.9 Å². The van der Waals surface area contributed by atoms with Gasteiger partial charge in [-0.15, -0.1) is 0 Å². The fraction of sp³-hybridized carbons (Fsp3) is 0.467. The zero-order chi connectivity index (χ0) is 15.2. The second-order valence-electron chi connectivity index (χ2n) is 5.36. The molecule has 0 atom stereocenters. The van der Waals surface area contributed by atoms with Crippen molar-refractivity contribution in [2.45, 2.75) is 6.42 Å². The van der Waals surface area contributed by atoms with E-state index in [-0.39, 0.29) is 6.03 Å². The van der Waals surface area contributed by atoms with Gasteiger partial charge >= 0.3 is 6.03 Å². The molecule has 0 spiro atoms. The SMILES string of the molecule is O=C(NCCCN1CCOCC1)Nc1ccc2[nH]ncc2c1. The van der Waals surface area contributed by atoms with Crippen LogP contribution in [0.25, 0.3) is 10.9 Å². The van der Waals surface area contributed by atoms with Crippen molar-refractivity contribution in [1.82, 2.24) is 20.4 Å². The predicted octanol–water partition coefficient (Wildman–Crippen LogP) is 1.41. The molecule has 1 aliphatic heterocycles. The molecule has 118 valence electrons. The summed E-state index contributed by atoms with van der Waals surface area (Å²) < 4.78 is 5.31. The van der Waals surface area contributed by atoms with Crippen molar-refractivity contribution in [3.63, 3.8) is 0 Å². The number of nitrogens with one attached hydrogen (secondary N) is 3. The first-order valence-electron chi connectivity index (χ1n) is 7.59. The first-order valence-corrected chi connectivity index (χ1v) is 7.59. The summed E-state index contributed by atoms with van der Waals surface area (Å²) in [6.45, 7) is 5.24. The second kappa shape index (κ2) is 7.24. The highest BCUT2D eigenvalue weighted by atomic mass is 16.5. The molecule has 0 bridgehead atoms. The standard InChI is InChI=1S/C15H21N5O2/c21-15(16-4-1-5-20-6-8-22-9-7-20)18-13-2-3-14-12(10-13)11-17-19-14/h2-3,10-11H,1,4-9H2,(H,17,19)(H2,16,18,21). The first-order chi connectivity index (χ1) is 10.8. The largest absolute Gasteiger partial charge is 0.379 e. The highest BCUT2D eigenvalue weighted by Crippen LogP contribution is 2.16. The highest BCUT2D eigenvalue weighted by molar-refractivity contribution is 5.92. The molecule has 1 fully saturated rings. The molecule has 0 saturated carbocycles. The number of amides is 2. The molecule has 3 rings (SSSR count). The Labute approximate surface area is 129 Å². The van der Waals surface area contributed by atoms with E-state index in [0.717, 1.165) is 55.9 Å². The van der Waals surface area contributed by atoms with Crippen LogP contribution in [0.15, 0.2) is 24.4 Å². The average Bonchev–Trinajstić information content (AvgIpc) is 3.00. The Morgan fingerprint density at radius 3 is 3.09 bits per heavy atom. The molecule has 2 heterocycles. The van der Waals surface area contributed by atoms with E-state index in [0.29, 0.717) is 6.54 Å². The van der Waals surface area contributed by atoms with Gasteiger partial charge in [0.1, 0.15) is 0 Å². The van der Waals surface area contributed by atoms with E-state index in [1.54, 1.807) is 6.20 Å². The summed E-state index contributed by atoms with van der Waals surface area (Å²) in [6, 6.07) is 5.47. The summed E-state index contributed by atoms with van der Waals surface area (Å²) in [7, 11) is 0. The maximum Gasteiger partial charge on any atom is 0.319 e. The van der Waals surface area contributed by atoms with Gasteiger partial charge in [0.2, 0.25) is 0 Å². The summed E-state index contributed by atoms with van der Waals surface area (Å²) in [6.07, 6.45) is 2.68. The van der Waals surface area contributed by atoms with Gasteiger partial charge in [0.15, 0.2) is 0 Å². The number of benzene rings is 1. The van der Waals surface area contributed by atoms with Crippen LogP contribution in [0, 0.1) is 0 Å². The van der Waals surface area contributed by atoms with Crippen LogP contribution in [-0.4, -0.2) is 60.5 Å². The number of fused-ring (bicyclic) bond motifs is 1. The van der Waals surface area contributed by atoms with Crippen LogP contribution in [0.1, 0.15) is 6.42 Å². The molecule has 0 radical (unpaired) electrons. The third-order valence-corrected chi connectivity index (χ3v) is 3.74. The Bertz CT molecular complexity index is 621. The predicted molar refractivity (Wildman–Crippen MR) is 85.0 cm³/mol. The Morgan fingerprint density at radius 2 is 2.23 bits per heavy atom. The summed E-state index contributed by atoms with van der Waals surface area (Å²) in [5, 5.41) is 13.5. The zero-order valence-electron chi connectivity index (χ0n) is 12.5. The monoisotopic (exact) mass is 303 g/mol. The molecule has 2 amide bonds. The van der Waals surface area contributed by atoms with Gasteiger partial charge in [-0.05, 0) is 31.2 Å². The lowest BCUT2D eigenvalue weighted by molar-refractivity contribution is 0.0375. The molecule has 0 aliphatic carbocycles. The lowest BCUT2D eigenvalue weighted by atomic mass is 10.2. The van der Waals surface area contributed by atoms with E-state index in [1.165, 1.54) is 0 Å². The van der Waals surface area contributed by atoms with Crippen molar-refractivity contribution in [3.8, 4) is 0 Å². The quantitative estimate of drug-likeness (QED) is 0.729. The highest BCUT2D eigenvalue weighted by Gasteiger charge is 2.09. The van der Waals surface area contributed by atoms with Gasteiger partial charge in [0, 0.05) is 30.7 Å². The average molecular weight is 303 g/mol. The number of morpholine rings is 1. The van der Waals surface area contributed by atoms with E-state index in [9.17, 15) is 4.79 Å². The summed E-state index contributed by atoms with van der Waals surface area (Å²) >= 11 is 0. The van der Waals surface area contributed by atoms with Crippen molar-refractivity contribution in [1.29, 1.82) is 0 Å². The first kappa shape index (κ1) is 14.8. The number of nitrogens with zero attached hydrogens (tertiary/aromatic N) is 2. The Balaban J connectivity index is 1.38. The van der Waals surface area contributed by atoms with Crippen molar-refractivity contribution in [2.24, 2.45) is 0 Å². The molecule has 7 nitrogen and oxygen atoms in total. The number of carbonyl (C=O) groups excluding carboxylic acids is 1. The number of anilines is 1. The van der Waals surface area contributed by atoms with Crippen LogP contribution in [0.5, 0.6) is 0 Å². The van der Waals surface area contributed by atoms with E-state index in [2.05, 4.69) is 25.7 Å². The number of aromatic amines is 1. The number of aromatic nitrogens is 2. The number of ether oxygens (including phenoxy) is 1. The summed E-state index contributed by atoms with van der Waals surface area (Å²) in [4.78, 5) is 14.2. The molecule has 7 heteroatoms. The third kappa shape index (κ3) is 3.96. The Hall–Kier alpha value is -2.12. The van der Waals surface area contributed by atoms with E-state index in [4.69, 9.17) is 4.74 Å². The van der Waals surface area contributed by atoms with Gasteiger partial charge in [-0.2, -0.15) is 5.10 Å². The fourth-order valence-corrected chi connectivity index (χ4v) is 2.53. The number of carbonyl (C=O) groups is 1. The lowest BCUT2D eigenvalue weighted by Gasteiger charge is -2.26. The van der Waals surface area contributed by atoms with Crippen LogP contribution >= 0.6 is 0 Å². The number of hydrogen-bond acceptors (Lipinski definition) is 4. The van der Waals surface area contributed by atoms with E-state index >= 15 is 0 Å². The number of hydrogen-bond donors (Lipinski definition) is 3. The maximum absolute atomic E-state index is 11.9. The normalized spacial score (nSPS) is 15.8. The third-order valence-electron chi connectivity index (χ3n) is 3.74. The molecule has 1 aliphatic rings. The van der Waals surface area contributed by atoms with Crippen LogP contribution in [0.4, 0.5) is 10.5 Å². The van der Waals surface area contributed by atoms with E-state index in [1.807, 2.05) is 18.2 Å². The second-order valence-corrected chi connectivity index (χ2v) is 5.36. The molecular weight excluding hydrogens is 282 g/mol. The zero-order valence-corrected chi connectivity index (χ0v) is 12.5. The van der Waals surface area contributed by atoms with Crippen LogP contribution in [0.2, 0.25) is 0 Å². The molecule has 22 heavy (non-hydrogen) atoms. The Kier molecular flexibility index (Phi) is 4.87. The van der Waals surface area contributed by atoms with E-state index < -0.39 is 0 Å². The molecule has 2 aromatic rings. The topological polar surface area (TPSA) is 82.3 Å². The summed E-state index contributed by atoms with van der Waals surface area (Å²) in [5.41, 5.74) is 1.72. The van der Waals surface area contributed by atoms with Gasteiger partial charge in [0.25, 0.3) is 0 Å². The lowest BCUT2D eigenvalue weighted by Crippen LogP contribution is -2.38. The van der Waals surface area contributed by atoms with Gasteiger partial charge in [-0.3, -0.25) is 10.00 Å². The number of urea groups is 1. The Morgan fingerprint density at radius 1 is 1.36 bits per heavy atom.